The van der Waals surface area contributed by atoms with Crippen LogP contribution in [-0.4, -0.2) is 19.2 Å². The van der Waals surface area contributed by atoms with Gasteiger partial charge in [0.25, 0.3) is 0 Å². The zero-order chi connectivity index (χ0) is 24.0. The van der Waals surface area contributed by atoms with Crippen LogP contribution in [0.25, 0.3) is 0 Å². The lowest BCUT2D eigenvalue weighted by Gasteiger charge is -2.27. The summed E-state index contributed by atoms with van der Waals surface area (Å²) in [7, 11) is 0. The summed E-state index contributed by atoms with van der Waals surface area (Å²) in [6.07, 6.45) is 0. The molecule has 0 saturated heterocycles. The van der Waals surface area contributed by atoms with E-state index in [-0.39, 0.29) is 36.0 Å². The Bertz CT molecular complexity index is 1150. The summed E-state index contributed by atoms with van der Waals surface area (Å²) in [5.74, 6) is -0.138. The van der Waals surface area contributed by atoms with Gasteiger partial charge in [-0.25, -0.2) is 4.79 Å². The lowest BCUT2D eigenvalue weighted by Crippen LogP contribution is -2.25. The second-order valence-electron chi connectivity index (χ2n) is 7.13. The molecule has 0 aromatic heterocycles. The predicted molar refractivity (Wildman–Crippen MR) is 123 cm³/mol. The van der Waals surface area contributed by atoms with Gasteiger partial charge in [0.1, 0.15) is 24.0 Å². The number of carbonyl (C=O) groups excluding carboxylic acids is 1. The van der Waals surface area contributed by atoms with Crippen LogP contribution >= 0.6 is 11.6 Å². The van der Waals surface area contributed by atoms with Crippen molar-refractivity contribution in [1.82, 2.24) is 0 Å². The second-order valence-corrected chi connectivity index (χ2v) is 7.54. The van der Waals surface area contributed by atoms with E-state index >= 15 is 0 Å². The molecule has 7 nitrogen and oxygen atoms in total. The number of rotatable bonds is 8. The predicted octanol–water partition coefficient (Wildman–Crippen LogP) is 4.96. The van der Waals surface area contributed by atoms with E-state index in [1.54, 1.807) is 38.1 Å². The minimum atomic E-state index is -0.764. The van der Waals surface area contributed by atoms with Crippen LogP contribution in [0.15, 0.2) is 65.3 Å². The highest BCUT2D eigenvalue weighted by molar-refractivity contribution is 6.31. The maximum absolute atomic E-state index is 12.7. The van der Waals surface area contributed by atoms with Gasteiger partial charge in [0.15, 0.2) is 11.5 Å². The Morgan fingerprint density at radius 1 is 1.15 bits per heavy atom. The molecule has 0 spiro atoms. The van der Waals surface area contributed by atoms with Crippen LogP contribution < -0.4 is 15.2 Å². The van der Waals surface area contributed by atoms with Gasteiger partial charge in [-0.2, -0.15) is 5.26 Å². The lowest BCUT2D eigenvalue weighted by molar-refractivity contribution is -0.139. The van der Waals surface area contributed by atoms with E-state index in [0.29, 0.717) is 28.7 Å². The fourth-order valence-electron chi connectivity index (χ4n) is 3.55. The average molecular weight is 469 g/mol. The van der Waals surface area contributed by atoms with Gasteiger partial charge >= 0.3 is 5.97 Å². The molecule has 1 unspecified atom stereocenters. The molecule has 2 aromatic carbocycles. The van der Waals surface area contributed by atoms with Crippen LogP contribution in [0.1, 0.15) is 37.8 Å². The lowest BCUT2D eigenvalue weighted by atomic mass is 9.83. The first-order chi connectivity index (χ1) is 15.9. The van der Waals surface area contributed by atoms with Crippen molar-refractivity contribution < 1.29 is 23.7 Å². The van der Waals surface area contributed by atoms with Crippen LogP contribution in [0.4, 0.5) is 0 Å². The summed E-state index contributed by atoms with van der Waals surface area (Å²) in [5, 5.41) is 10.4. The zero-order valence-electron chi connectivity index (χ0n) is 18.7. The van der Waals surface area contributed by atoms with E-state index in [9.17, 15) is 10.1 Å². The van der Waals surface area contributed by atoms with Gasteiger partial charge in [-0.15, -0.1) is 0 Å². The maximum Gasteiger partial charge on any atom is 0.338 e. The van der Waals surface area contributed by atoms with E-state index in [1.165, 1.54) is 0 Å². The van der Waals surface area contributed by atoms with Crippen LogP contribution in [-0.2, 0) is 20.9 Å². The van der Waals surface area contributed by atoms with Crippen molar-refractivity contribution in [1.29, 1.82) is 5.26 Å². The number of carbonyl (C=O) groups is 1. The standard InChI is InChI=1S/C25H25ClN2O5/c1-4-30-21-12-16(10-11-20(21)32-14-17-8-6-7-9-19(17)26)23-18(13-27)24(28)33-15(3)22(23)25(29)31-5-2/h6-12,23H,4-5,14,28H2,1-3H3. The smallest absolute Gasteiger partial charge is 0.338 e. The van der Waals surface area contributed by atoms with Crippen molar-refractivity contribution in [2.45, 2.75) is 33.3 Å². The molecule has 33 heavy (non-hydrogen) atoms. The Morgan fingerprint density at radius 3 is 2.58 bits per heavy atom. The van der Waals surface area contributed by atoms with Gasteiger partial charge in [0.05, 0.1) is 24.7 Å². The number of benzene rings is 2. The van der Waals surface area contributed by atoms with Crippen molar-refractivity contribution in [3.8, 4) is 17.6 Å². The van der Waals surface area contributed by atoms with E-state index in [0.717, 1.165) is 5.56 Å². The van der Waals surface area contributed by atoms with Gasteiger partial charge in [-0.1, -0.05) is 35.9 Å². The fraction of sp³-hybridized carbons (Fsp3) is 0.280. The summed E-state index contributed by atoms with van der Waals surface area (Å²) in [6.45, 7) is 6.00. The van der Waals surface area contributed by atoms with Gasteiger partial charge in [0.2, 0.25) is 5.88 Å². The number of ether oxygens (including phenoxy) is 4. The number of nitrogens with two attached hydrogens (primary N) is 1. The number of hydrogen-bond acceptors (Lipinski definition) is 7. The molecule has 0 radical (unpaired) electrons. The summed E-state index contributed by atoms with van der Waals surface area (Å²) in [4.78, 5) is 12.7. The normalized spacial score (nSPS) is 15.5. The van der Waals surface area contributed by atoms with E-state index in [2.05, 4.69) is 6.07 Å². The van der Waals surface area contributed by atoms with E-state index in [4.69, 9.17) is 36.3 Å². The quantitative estimate of drug-likeness (QED) is 0.546. The summed E-state index contributed by atoms with van der Waals surface area (Å²) < 4.78 is 22.4. The van der Waals surface area contributed by atoms with Gasteiger partial charge in [-0.05, 0) is 44.5 Å². The molecule has 3 rings (SSSR count). The Kier molecular flexibility index (Phi) is 7.86. The minimum Gasteiger partial charge on any atom is -0.490 e. The Labute approximate surface area is 197 Å². The third kappa shape index (κ3) is 5.24. The number of halogens is 1. The SMILES string of the molecule is CCOC(=O)C1=C(C)OC(N)=C(C#N)C1c1ccc(OCc2ccccc2Cl)c(OCC)c1. The van der Waals surface area contributed by atoms with Crippen LogP contribution in [0.2, 0.25) is 5.02 Å². The molecule has 0 amide bonds. The Hall–Kier alpha value is -3.63. The van der Waals surface area contributed by atoms with Crippen molar-refractivity contribution in [2.24, 2.45) is 5.73 Å². The molecule has 0 aliphatic carbocycles. The number of nitriles is 1. The van der Waals surface area contributed by atoms with Gasteiger partial charge in [-0.3, -0.25) is 0 Å². The zero-order valence-corrected chi connectivity index (χ0v) is 19.4. The first kappa shape index (κ1) is 24.0. The Balaban J connectivity index is 2.01. The van der Waals surface area contributed by atoms with Crippen molar-refractivity contribution in [3.63, 3.8) is 0 Å². The van der Waals surface area contributed by atoms with E-state index in [1.807, 2.05) is 25.1 Å². The average Bonchev–Trinajstić information content (AvgIpc) is 2.79. The number of nitrogens with zero attached hydrogens (tertiary/aromatic N) is 1. The van der Waals surface area contributed by atoms with Crippen LogP contribution in [0, 0.1) is 11.3 Å². The summed E-state index contributed by atoms with van der Waals surface area (Å²) in [6, 6.07) is 14.7. The molecule has 1 heterocycles. The molecule has 1 aliphatic rings. The summed E-state index contributed by atoms with van der Waals surface area (Å²) in [5.41, 5.74) is 7.77. The van der Waals surface area contributed by atoms with Crippen molar-refractivity contribution in [2.75, 3.05) is 13.2 Å². The van der Waals surface area contributed by atoms with Gasteiger partial charge < -0.3 is 24.7 Å². The first-order valence-electron chi connectivity index (χ1n) is 10.5. The van der Waals surface area contributed by atoms with Crippen molar-refractivity contribution in [3.05, 3.63) is 81.4 Å². The largest absolute Gasteiger partial charge is 0.490 e. The highest BCUT2D eigenvalue weighted by atomic mass is 35.5. The first-order valence-corrected chi connectivity index (χ1v) is 10.9. The van der Waals surface area contributed by atoms with Crippen LogP contribution in [0.3, 0.4) is 0 Å². The topological polar surface area (TPSA) is 104 Å². The molecule has 1 aliphatic heterocycles. The molecule has 0 bridgehead atoms. The molecule has 0 fully saturated rings. The fourth-order valence-corrected chi connectivity index (χ4v) is 3.74. The second kappa shape index (κ2) is 10.8. The maximum atomic E-state index is 12.7. The number of esters is 1. The van der Waals surface area contributed by atoms with Crippen LogP contribution in [0.5, 0.6) is 11.5 Å². The molecular formula is C25H25ClN2O5. The number of allylic oxidation sites excluding steroid dienone is 2. The van der Waals surface area contributed by atoms with Gasteiger partial charge in [0, 0.05) is 10.6 Å². The molecular weight excluding hydrogens is 444 g/mol. The molecule has 1 atom stereocenters. The molecule has 172 valence electrons. The molecule has 2 N–H and O–H groups in total. The Morgan fingerprint density at radius 2 is 1.91 bits per heavy atom. The highest BCUT2D eigenvalue weighted by Gasteiger charge is 2.36. The summed E-state index contributed by atoms with van der Waals surface area (Å²) >= 11 is 6.23. The molecule has 8 heteroatoms. The highest BCUT2D eigenvalue weighted by Crippen LogP contribution is 2.42. The van der Waals surface area contributed by atoms with Crippen molar-refractivity contribution >= 4 is 17.6 Å². The monoisotopic (exact) mass is 468 g/mol. The third-order valence-electron chi connectivity index (χ3n) is 5.04. The number of hydrogen-bond donors (Lipinski definition) is 1. The molecule has 0 saturated carbocycles. The molecule has 2 aromatic rings. The van der Waals surface area contributed by atoms with E-state index < -0.39 is 11.9 Å². The minimum absolute atomic E-state index is 0.0509. The third-order valence-corrected chi connectivity index (χ3v) is 5.41.